The van der Waals surface area contributed by atoms with Gasteiger partial charge in [-0.15, -0.1) is 5.92 Å². The van der Waals surface area contributed by atoms with Crippen LogP contribution in [-0.4, -0.2) is 11.5 Å². The summed E-state index contributed by atoms with van der Waals surface area (Å²) in [5, 5.41) is 13.0. The van der Waals surface area contributed by atoms with Gasteiger partial charge in [0.2, 0.25) is 0 Å². The predicted molar refractivity (Wildman–Crippen MR) is 55.0 cm³/mol. The summed E-state index contributed by atoms with van der Waals surface area (Å²) in [6.45, 7) is 1.99. The second kappa shape index (κ2) is 4.96. The predicted octanol–water partition coefficient (Wildman–Crippen LogP) is 2.17. The number of benzene rings is 1. The molecule has 0 spiro atoms. The molecule has 4 nitrogen and oxygen atoms in total. The Morgan fingerprint density at radius 2 is 2.33 bits per heavy atom. The zero-order valence-corrected chi connectivity index (χ0v) is 8.08. The third kappa shape index (κ3) is 2.95. The van der Waals surface area contributed by atoms with Crippen molar-refractivity contribution < 1.29 is 9.31 Å². The largest absolute Gasteiger partial charge is 0.372 e. The Morgan fingerprint density at radius 3 is 2.87 bits per heavy atom. The smallest absolute Gasteiger partial charge is 0.272 e. The van der Waals surface area contributed by atoms with E-state index in [0.717, 1.165) is 6.07 Å². The van der Waals surface area contributed by atoms with Crippen LogP contribution in [0, 0.1) is 27.8 Å². The number of nitrogens with one attached hydrogen (secondary N) is 1. The molecule has 0 saturated heterocycles. The van der Waals surface area contributed by atoms with Crippen LogP contribution >= 0.6 is 0 Å². The highest BCUT2D eigenvalue weighted by molar-refractivity contribution is 5.50. The Bertz CT molecular complexity index is 435. The molecule has 0 fully saturated rings. The summed E-state index contributed by atoms with van der Waals surface area (Å²) in [5.74, 6) is 4.69. The van der Waals surface area contributed by atoms with Gasteiger partial charge in [-0.2, -0.15) is 0 Å². The molecule has 0 unspecified atom stereocenters. The number of non-ortho nitro benzene ring substituents is 1. The summed E-state index contributed by atoms with van der Waals surface area (Å²) < 4.78 is 13.2. The minimum absolute atomic E-state index is 0.211. The molecule has 1 aromatic carbocycles. The lowest BCUT2D eigenvalue weighted by Crippen LogP contribution is -2.01. The zero-order valence-electron chi connectivity index (χ0n) is 8.08. The van der Waals surface area contributed by atoms with Crippen LogP contribution in [0.25, 0.3) is 0 Å². The van der Waals surface area contributed by atoms with Crippen LogP contribution in [0.4, 0.5) is 15.8 Å². The normalized spacial score (nSPS) is 8.93. The molecule has 0 radical (unpaired) electrons. The van der Waals surface area contributed by atoms with E-state index in [1.54, 1.807) is 6.92 Å². The van der Waals surface area contributed by atoms with E-state index in [-0.39, 0.29) is 11.4 Å². The standard InChI is InChI=1S/C10H9FN2O2/c1-2-3-6-12-10-5-4-8(13(14)15)7-9(10)11/h4-5,7,12H,6H2,1H3. The number of hydrogen-bond acceptors (Lipinski definition) is 3. The topological polar surface area (TPSA) is 55.2 Å². The monoisotopic (exact) mass is 208 g/mol. The molecule has 1 rings (SSSR count). The van der Waals surface area contributed by atoms with E-state index in [4.69, 9.17) is 0 Å². The molecule has 0 aliphatic carbocycles. The third-order valence-corrected chi connectivity index (χ3v) is 1.71. The molecule has 0 saturated carbocycles. The Labute approximate surface area is 86.3 Å². The number of nitro groups is 1. The van der Waals surface area contributed by atoms with E-state index >= 15 is 0 Å². The lowest BCUT2D eigenvalue weighted by atomic mass is 10.2. The molecular formula is C10H9FN2O2. The maximum atomic E-state index is 13.2. The van der Waals surface area contributed by atoms with E-state index in [1.165, 1.54) is 12.1 Å². The summed E-state index contributed by atoms with van der Waals surface area (Å²) in [5.41, 5.74) is -0.0528. The van der Waals surface area contributed by atoms with Gasteiger partial charge in [0.05, 0.1) is 23.2 Å². The van der Waals surface area contributed by atoms with Crippen molar-refractivity contribution in [3.05, 3.63) is 34.1 Å². The molecule has 15 heavy (non-hydrogen) atoms. The highest BCUT2D eigenvalue weighted by Gasteiger charge is 2.09. The second-order valence-electron chi connectivity index (χ2n) is 2.70. The van der Waals surface area contributed by atoms with E-state index < -0.39 is 10.7 Å². The summed E-state index contributed by atoms with van der Waals surface area (Å²) in [4.78, 5) is 9.68. The van der Waals surface area contributed by atoms with Gasteiger partial charge in [0, 0.05) is 6.07 Å². The fourth-order valence-corrected chi connectivity index (χ4v) is 0.989. The van der Waals surface area contributed by atoms with Gasteiger partial charge >= 0.3 is 0 Å². The van der Waals surface area contributed by atoms with Gasteiger partial charge in [-0.3, -0.25) is 10.1 Å². The highest BCUT2D eigenvalue weighted by Crippen LogP contribution is 2.19. The maximum Gasteiger partial charge on any atom is 0.272 e. The molecule has 1 aromatic rings. The first-order chi connectivity index (χ1) is 7.15. The van der Waals surface area contributed by atoms with Gasteiger partial charge in [-0.25, -0.2) is 4.39 Å². The van der Waals surface area contributed by atoms with Gasteiger partial charge in [0.15, 0.2) is 5.82 Å². The number of hydrogen-bond donors (Lipinski definition) is 1. The van der Waals surface area contributed by atoms with Crippen molar-refractivity contribution in [2.75, 3.05) is 11.9 Å². The van der Waals surface area contributed by atoms with E-state index in [2.05, 4.69) is 17.2 Å². The molecule has 0 amide bonds. The van der Waals surface area contributed by atoms with Crippen LogP contribution in [0.2, 0.25) is 0 Å². The fraction of sp³-hybridized carbons (Fsp3) is 0.200. The van der Waals surface area contributed by atoms with Crippen molar-refractivity contribution in [2.24, 2.45) is 0 Å². The van der Waals surface area contributed by atoms with Crippen LogP contribution in [-0.2, 0) is 0 Å². The Balaban J connectivity index is 2.82. The van der Waals surface area contributed by atoms with E-state index in [1.807, 2.05) is 0 Å². The molecule has 0 aliphatic heterocycles. The second-order valence-corrected chi connectivity index (χ2v) is 2.70. The first-order valence-corrected chi connectivity index (χ1v) is 4.22. The summed E-state index contributed by atoms with van der Waals surface area (Å²) >= 11 is 0. The first-order valence-electron chi connectivity index (χ1n) is 4.22. The van der Waals surface area contributed by atoms with Crippen molar-refractivity contribution in [1.29, 1.82) is 0 Å². The minimum atomic E-state index is -0.651. The van der Waals surface area contributed by atoms with Crippen molar-refractivity contribution in [2.45, 2.75) is 6.92 Å². The molecule has 78 valence electrons. The van der Waals surface area contributed by atoms with Gasteiger partial charge in [-0.05, 0) is 13.0 Å². The molecule has 0 heterocycles. The van der Waals surface area contributed by atoms with Crippen molar-refractivity contribution >= 4 is 11.4 Å². The van der Waals surface area contributed by atoms with Crippen LogP contribution in [0.5, 0.6) is 0 Å². The maximum absolute atomic E-state index is 13.2. The molecule has 5 heteroatoms. The number of nitro benzene ring substituents is 1. The van der Waals surface area contributed by atoms with Crippen LogP contribution in [0.15, 0.2) is 18.2 Å². The average molecular weight is 208 g/mol. The molecule has 1 N–H and O–H groups in total. The molecular weight excluding hydrogens is 199 g/mol. The van der Waals surface area contributed by atoms with Crippen LogP contribution in [0.1, 0.15) is 6.92 Å². The van der Waals surface area contributed by atoms with Crippen LogP contribution < -0.4 is 5.32 Å². The summed E-state index contributed by atoms with van der Waals surface area (Å²) in [6.07, 6.45) is 0. The molecule has 0 atom stereocenters. The van der Waals surface area contributed by atoms with Crippen molar-refractivity contribution in [3.8, 4) is 11.8 Å². The highest BCUT2D eigenvalue weighted by atomic mass is 19.1. The van der Waals surface area contributed by atoms with E-state index in [0.29, 0.717) is 6.54 Å². The quantitative estimate of drug-likeness (QED) is 0.470. The van der Waals surface area contributed by atoms with Gasteiger partial charge in [0.25, 0.3) is 5.69 Å². The summed E-state index contributed by atoms with van der Waals surface area (Å²) in [6, 6.07) is 3.44. The Hall–Kier alpha value is -2.09. The third-order valence-electron chi connectivity index (χ3n) is 1.71. The molecule has 0 bridgehead atoms. The minimum Gasteiger partial charge on any atom is -0.372 e. The van der Waals surface area contributed by atoms with E-state index in [9.17, 15) is 14.5 Å². The van der Waals surface area contributed by atoms with Crippen LogP contribution in [0.3, 0.4) is 0 Å². The van der Waals surface area contributed by atoms with Gasteiger partial charge < -0.3 is 5.32 Å². The van der Waals surface area contributed by atoms with Gasteiger partial charge in [0.1, 0.15) is 0 Å². The first kappa shape index (κ1) is 11.0. The molecule has 0 aromatic heterocycles. The number of nitrogens with zero attached hydrogens (tertiary/aromatic N) is 1. The average Bonchev–Trinajstić information content (AvgIpc) is 2.20. The number of anilines is 1. The molecule has 0 aliphatic rings. The summed E-state index contributed by atoms with van der Waals surface area (Å²) in [7, 11) is 0. The van der Waals surface area contributed by atoms with Gasteiger partial charge in [-0.1, -0.05) is 5.92 Å². The zero-order chi connectivity index (χ0) is 11.3. The number of halogens is 1. The fourth-order valence-electron chi connectivity index (χ4n) is 0.989. The Morgan fingerprint density at radius 1 is 1.60 bits per heavy atom. The SMILES string of the molecule is CC#CCNc1ccc([N+](=O)[O-])cc1F. The Kier molecular flexibility index (Phi) is 3.63. The van der Waals surface area contributed by atoms with Crippen molar-refractivity contribution in [3.63, 3.8) is 0 Å². The lowest BCUT2D eigenvalue weighted by molar-refractivity contribution is -0.385. The number of rotatable bonds is 3. The van der Waals surface area contributed by atoms with Crippen molar-refractivity contribution in [1.82, 2.24) is 0 Å². The lowest BCUT2D eigenvalue weighted by Gasteiger charge is -2.02.